The Balaban J connectivity index is 1.63. The van der Waals surface area contributed by atoms with Crippen LogP contribution in [0, 0.1) is 0 Å². The van der Waals surface area contributed by atoms with E-state index in [-0.39, 0.29) is 17.6 Å². The maximum Gasteiger partial charge on any atom is 0.573 e. The summed E-state index contributed by atoms with van der Waals surface area (Å²) >= 11 is 1.36. The molecular formula is C15H13F3N2O3S. The van der Waals surface area contributed by atoms with Crippen LogP contribution in [0.25, 0.3) is 0 Å². The number of likely N-dealkylation sites (tertiary alicyclic amines) is 1. The Labute approximate surface area is 139 Å². The first kappa shape index (κ1) is 16.6. The highest BCUT2D eigenvalue weighted by molar-refractivity contribution is 7.11. The van der Waals surface area contributed by atoms with E-state index < -0.39 is 12.1 Å². The van der Waals surface area contributed by atoms with Crippen molar-refractivity contribution in [3.63, 3.8) is 0 Å². The van der Waals surface area contributed by atoms with Crippen molar-refractivity contribution in [3.8, 4) is 10.9 Å². The molecule has 1 aromatic heterocycles. The van der Waals surface area contributed by atoms with Crippen LogP contribution in [0.5, 0.6) is 10.9 Å². The number of nitrogens with zero attached hydrogens (tertiary/aromatic N) is 2. The number of alkyl halides is 3. The SMILES string of the molecule is O=C(c1cccc(OC(F)(F)F)c1)N1CCC(Oc2nccs2)C1. The van der Waals surface area contributed by atoms with Crippen molar-refractivity contribution in [2.45, 2.75) is 18.9 Å². The standard InChI is InChI=1S/C15H13F3N2O3S/c16-15(17,18)23-11-3-1-2-10(8-11)13(21)20-6-4-12(9-20)22-14-19-5-7-24-14/h1-3,5,7-8,12H,4,6,9H2. The second kappa shape index (κ2) is 6.68. The molecule has 1 aliphatic heterocycles. The van der Waals surface area contributed by atoms with Gasteiger partial charge in [-0.25, -0.2) is 4.98 Å². The third-order valence-electron chi connectivity index (χ3n) is 3.42. The second-order valence-corrected chi connectivity index (χ2v) is 6.01. The number of hydrogen-bond donors (Lipinski definition) is 0. The Morgan fingerprint density at radius 1 is 1.38 bits per heavy atom. The lowest BCUT2D eigenvalue weighted by Gasteiger charge is -2.17. The van der Waals surface area contributed by atoms with Crippen LogP contribution in [-0.4, -0.2) is 41.3 Å². The lowest BCUT2D eigenvalue weighted by atomic mass is 10.2. The van der Waals surface area contributed by atoms with Crippen LogP contribution in [0.15, 0.2) is 35.8 Å². The molecule has 3 rings (SSSR count). The lowest BCUT2D eigenvalue weighted by molar-refractivity contribution is -0.274. The first-order chi connectivity index (χ1) is 11.4. The van der Waals surface area contributed by atoms with Crippen LogP contribution in [-0.2, 0) is 0 Å². The highest BCUT2D eigenvalue weighted by Gasteiger charge is 2.32. The molecule has 9 heteroatoms. The molecule has 1 saturated heterocycles. The fourth-order valence-electron chi connectivity index (χ4n) is 2.43. The molecule has 0 radical (unpaired) electrons. The number of carbonyl (C=O) groups excluding carboxylic acids is 1. The van der Waals surface area contributed by atoms with Crippen LogP contribution in [0.3, 0.4) is 0 Å². The summed E-state index contributed by atoms with van der Waals surface area (Å²) in [6.45, 7) is 0.835. The summed E-state index contributed by atoms with van der Waals surface area (Å²) in [5.74, 6) is -0.768. The summed E-state index contributed by atoms with van der Waals surface area (Å²) in [6.07, 6.45) is -2.69. The van der Waals surface area contributed by atoms with Crippen LogP contribution in [0.2, 0.25) is 0 Å². The number of ether oxygens (including phenoxy) is 2. The van der Waals surface area contributed by atoms with Gasteiger partial charge in [-0.3, -0.25) is 4.79 Å². The van der Waals surface area contributed by atoms with E-state index in [1.54, 1.807) is 16.5 Å². The van der Waals surface area contributed by atoms with Crippen molar-refractivity contribution in [1.82, 2.24) is 9.88 Å². The zero-order valence-corrected chi connectivity index (χ0v) is 13.1. The highest BCUT2D eigenvalue weighted by Crippen LogP contribution is 2.25. The number of hydrogen-bond acceptors (Lipinski definition) is 5. The van der Waals surface area contributed by atoms with Gasteiger partial charge in [-0.1, -0.05) is 17.4 Å². The van der Waals surface area contributed by atoms with Gasteiger partial charge >= 0.3 is 6.36 Å². The fraction of sp³-hybridized carbons (Fsp3) is 0.333. The van der Waals surface area contributed by atoms with Crippen LogP contribution in [0.1, 0.15) is 16.8 Å². The number of aromatic nitrogens is 1. The third-order valence-corrected chi connectivity index (χ3v) is 4.09. The zero-order chi connectivity index (χ0) is 17.2. The number of halogens is 3. The number of amides is 1. The number of benzene rings is 1. The Kier molecular flexibility index (Phi) is 4.61. The van der Waals surface area contributed by atoms with Crippen molar-refractivity contribution in [3.05, 3.63) is 41.4 Å². The lowest BCUT2D eigenvalue weighted by Crippen LogP contribution is -2.31. The van der Waals surface area contributed by atoms with Gasteiger partial charge in [-0.05, 0) is 18.2 Å². The third kappa shape index (κ3) is 4.16. The van der Waals surface area contributed by atoms with Gasteiger partial charge in [0.25, 0.3) is 11.1 Å². The Hall–Kier alpha value is -2.29. The van der Waals surface area contributed by atoms with E-state index in [0.717, 1.165) is 12.1 Å². The molecule has 2 aromatic rings. The van der Waals surface area contributed by atoms with Crippen LogP contribution in [0.4, 0.5) is 13.2 Å². The van der Waals surface area contributed by atoms with Gasteiger partial charge < -0.3 is 14.4 Å². The molecule has 1 fully saturated rings. The van der Waals surface area contributed by atoms with Gasteiger partial charge in [0.15, 0.2) is 0 Å². The van der Waals surface area contributed by atoms with E-state index in [4.69, 9.17) is 4.74 Å². The molecule has 5 nitrogen and oxygen atoms in total. The van der Waals surface area contributed by atoms with Gasteiger partial charge in [0.1, 0.15) is 11.9 Å². The molecule has 1 atom stereocenters. The topological polar surface area (TPSA) is 51.7 Å². The Morgan fingerprint density at radius 3 is 2.92 bits per heavy atom. The molecule has 1 unspecified atom stereocenters. The maximum absolute atomic E-state index is 12.4. The van der Waals surface area contributed by atoms with E-state index in [1.807, 2.05) is 0 Å². The minimum Gasteiger partial charge on any atom is -0.465 e. The summed E-state index contributed by atoms with van der Waals surface area (Å²) in [5.41, 5.74) is 0.145. The quantitative estimate of drug-likeness (QED) is 0.841. The minimum atomic E-state index is -4.79. The average molecular weight is 358 g/mol. The fourth-order valence-corrected chi connectivity index (χ4v) is 2.98. The van der Waals surface area contributed by atoms with Crippen molar-refractivity contribution in [2.24, 2.45) is 0 Å². The van der Waals surface area contributed by atoms with Crippen molar-refractivity contribution >= 4 is 17.2 Å². The highest BCUT2D eigenvalue weighted by atomic mass is 32.1. The first-order valence-corrected chi connectivity index (χ1v) is 8.00. The smallest absolute Gasteiger partial charge is 0.465 e. The van der Waals surface area contributed by atoms with Crippen molar-refractivity contribution < 1.29 is 27.4 Å². The van der Waals surface area contributed by atoms with Crippen molar-refractivity contribution in [1.29, 1.82) is 0 Å². The maximum atomic E-state index is 12.4. The summed E-state index contributed by atoms with van der Waals surface area (Å²) in [5, 5.41) is 2.33. The predicted octanol–water partition coefficient (Wildman–Crippen LogP) is 3.34. The molecule has 1 amide bonds. The van der Waals surface area contributed by atoms with E-state index in [0.29, 0.717) is 24.7 Å². The molecule has 1 aliphatic rings. The number of carbonyl (C=O) groups is 1. The summed E-state index contributed by atoms with van der Waals surface area (Å²) in [4.78, 5) is 18.0. The van der Waals surface area contributed by atoms with Crippen LogP contribution >= 0.6 is 11.3 Å². The van der Waals surface area contributed by atoms with E-state index in [1.165, 1.54) is 23.5 Å². The second-order valence-electron chi connectivity index (χ2n) is 5.15. The van der Waals surface area contributed by atoms with E-state index in [9.17, 15) is 18.0 Å². The van der Waals surface area contributed by atoms with Gasteiger partial charge in [0, 0.05) is 30.1 Å². The molecule has 0 spiro atoms. The monoisotopic (exact) mass is 358 g/mol. The molecule has 0 bridgehead atoms. The normalized spacial score (nSPS) is 17.8. The van der Waals surface area contributed by atoms with Crippen LogP contribution < -0.4 is 9.47 Å². The van der Waals surface area contributed by atoms with Gasteiger partial charge in [-0.15, -0.1) is 13.2 Å². The molecule has 0 N–H and O–H groups in total. The van der Waals surface area contributed by atoms with E-state index in [2.05, 4.69) is 9.72 Å². The molecule has 128 valence electrons. The first-order valence-electron chi connectivity index (χ1n) is 7.12. The average Bonchev–Trinajstić information content (AvgIpc) is 3.17. The van der Waals surface area contributed by atoms with Gasteiger partial charge in [-0.2, -0.15) is 0 Å². The molecule has 0 aliphatic carbocycles. The summed E-state index contributed by atoms with van der Waals surface area (Å²) in [6, 6.07) is 5.06. The molecule has 0 saturated carbocycles. The van der Waals surface area contributed by atoms with E-state index >= 15 is 0 Å². The Morgan fingerprint density at radius 2 is 2.21 bits per heavy atom. The Bertz CT molecular complexity index is 706. The summed E-state index contributed by atoms with van der Waals surface area (Å²) < 4.78 is 46.3. The number of rotatable bonds is 4. The predicted molar refractivity (Wildman–Crippen MR) is 80.2 cm³/mol. The summed E-state index contributed by atoms with van der Waals surface area (Å²) in [7, 11) is 0. The van der Waals surface area contributed by atoms with Gasteiger partial charge in [0.05, 0.1) is 6.54 Å². The number of thiazole rings is 1. The van der Waals surface area contributed by atoms with Gasteiger partial charge in [0.2, 0.25) is 0 Å². The zero-order valence-electron chi connectivity index (χ0n) is 12.3. The molecule has 1 aromatic carbocycles. The molecule has 24 heavy (non-hydrogen) atoms. The molecule has 2 heterocycles. The van der Waals surface area contributed by atoms with Crippen molar-refractivity contribution in [2.75, 3.05) is 13.1 Å². The molecular weight excluding hydrogens is 345 g/mol. The largest absolute Gasteiger partial charge is 0.573 e. The minimum absolute atomic E-state index is 0.145.